The minimum absolute atomic E-state index is 0.00607. The van der Waals surface area contributed by atoms with Crippen molar-refractivity contribution in [1.82, 2.24) is 5.32 Å². The quantitative estimate of drug-likeness (QED) is 0.651. The third-order valence-corrected chi connectivity index (χ3v) is 6.42. The van der Waals surface area contributed by atoms with Crippen molar-refractivity contribution in [2.45, 2.75) is 30.9 Å². The standard InChI is InChI=1S/C21H18Cl2N4O2S/c22-13-8-9-17(15(23)10-13)24-19(28)11-18-20(29)25-21(30-18)27-26-16-7-3-5-12-4-1-2-6-14(12)16/h1-2,4,6,8-10,18H,3,5,7,11H2,(H,24,28)(H,25,27,29). The Balaban J connectivity index is 1.40. The van der Waals surface area contributed by atoms with Gasteiger partial charge >= 0.3 is 0 Å². The van der Waals surface area contributed by atoms with Crippen molar-refractivity contribution in [2.75, 3.05) is 5.32 Å². The predicted octanol–water partition coefficient (Wildman–Crippen LogP) is 4.65. The molecule has 1 unspecified atom stereocenters. The van der Waals surface area contributed by atoms with Gasteiger partial charge in [0.25, 0.3) is 0 Å². The fraction of sp³-hybridized carbons (Fsp3) is 0.238. The van der Waals surface area contributed by atoms with Gasteiger partial charge in [0.15, 0.2) is 5.17 Å². The zero-order valence-electron chi connectivity index (χ0n) is 15.8. The summed E-state index contributed by atoms with van der Waals surface area (Å²) < 4.78 is 0. The van der Waals surface area contributed by atoms with E-state index >= 15 is 0 Å². The second kappa shape index (κ2) is 9.20. The molecule has 1 aliphatic heterocycles. The van der Waals surface area contributed by atoms with Gasteiger partial charge in [-0.2, -0.15) is 5.10 Å². The summed E-state index contributed by atoms with van der Waals surface area (Å²) in [7, 11) is 0. The van der Waals surface area contributed by atoms with E-state index in [1.807, 2.05) is 18.2 Å². The first kappa shape index (κ1) is 20.9. The molecule has 0 bridgehead atoms. The van der Waals surface area contributed by atoms with Gasteiger partial charge in [-0.3, -0.25) is 9.59 Å². The number of carbonyl (C=O) groups is 2. The van der Waals surface area contributed by atoms with Crippen molar-refractivity contribution >= 4 is 63.3 Å². The van der Waals surface area contributed by atoms with E-state index in [0.29, 0.717) is 20.9 Å². The smallest absolute Gasteiger partial charge is 0.240 e. The van der Waals surface area contributed by atoms with Gasteiger partial charge in [0.2, 0.25) is 11.8 Å². The summed E-state index contributed by atoms with van der Waals surface area (Å²) in [6, 6.07) is 13.0. The van der Waals surface area contributed by atoms with Gasteiger partial charge in [-0.05, 0) is 43.0 Å². The highest BCUT2D eigenvalue weighted by molar-refractivity contribution is 8.15. The average Bonchev–Trinajstić information content (AvgIpc) is 3.07. The van der Waals surface area contributed by atoms with E-state index in [9.17, 15) is 9.59 Å². The van der Waals surface area contributed by atoms with Crippen LogP contribution in [0.1, 0.15) is 30.4 Å². The van der Waals surface area contributed by atoms with Crippen LogP contribution in [0.5, 0.6) is 0 Å². The van der Waals surface area contributed by atoms with Crippen LogP contribution >= 0.6 is 35.0 Å². The summed E-state index contributed by atoms with van der Waals surface area (Å²) in [5.74, 6) is -0.582. The number of carbonyl (C=O) groups excluding carboxylic acids is 2. The minimum Gasteiger partial charge on any atom is -0.325 e. The molecule has 4 rings (SSSR count). The summed E-state index contributed by atoms with van der Waals surface area (Å²) in [5.41, 5.74) is 3.74. The Labute approximate surface area is 188 Å². The van der Waals surface area contributed by atoms with Gasteiger partial charge in [0.1, 0.15) is 5.25 Å². The molecule has 154 valence electrons. The van der Waals surface area contributed by atoms with E-state index in [4.69, 9.17) is 23.2 Å². The molecule has 6 nitrogen and oxygen atoms in total. The fourth-order valence-corrected chi connectivity index (χ4v) is 4.73. The summed E-state index contributed by atoms with van der Waals surface area (Å²) in [6.07, 6.45) is 2.90. The van der Waals surface area contributed by atoms with Crippen LogP contribution < -0.4 is 10.6 Å². The molecule has 1 saturated heterocycles. The third-order valence-electron chi connectivity index (χ3n) is 4.80. The van der Waals surface area contributed by atoms with Crippen LogP contribution in [-0.2, 0) is 16.0 Å². The van der Waals surface area contributed by atoms with Crippen molar-refractivity contribution in [2.24, 2.45) is 10.2 Å². The van der Waals surface area contributed by atoms with Crippen LogP contribution in [0.25, 0.3) is 0 Å². The lowest BCUT2D eigenvalue weighted by Gasteiger charge is -2.16. The lowest BCUT2D eigenvalue weighted by molar-refractivity contribution is -0.122. The molecular formula is C21H18Cl2N4O2S. The van der Waals surface area contributed by atoms with Gasteiger partial charge in [-0.25, -0.2) is 0 Å². The number of benzene rings is 2. The molecule has 2 aromatic carbocycles. The van der Waals surface area contributed by atoms with Gasteiger partial charge in [-0.15, -0.1) is 5.10 Å². The van der Waals surface area contributed by atoms with Crippen LogP contribution in [0.3, 0.4) is 0 Å². The first-order chi connectivity index (χ1) is 14.5. The number of aryl methyl sites for hydroxylation is 1. The average molecular weight is 461 g/mol. The highest BCUT2D eigenvalue weighted by Crippen LogP contribution is 2.28. The van der Waals surface area contributed by atoms with Crippen molar-refractivity contribution in [3.8, 4) is 0 Å². The first-order valence-electron chi connectivity index (χ1n) is 9.45. The Kier molecular flexibility index (Phi) is 6.41. The fourth-order valence-electron chi connectivity index (χ4n) is 3.36. The molecule has 2 aromatic rings. The maximum absolute atomic E-state index is 12.3. The second-order valence-corrected chi connectivity index (χ2v) is 8.97. The van der Waals surface area contributed by atoms with E-state index < -0.39 is 5.25 Å². The maximum Gasteiger partial charge on any atom is 0.240 e. The predicted molar refractivity (Wildman–Crippen MR) is 123 cm³/mol. The molecule has 1 fully saturated rings. The SMILES string of the molecule is O=C(CC1SC(=NN=C2CCCc3ccccc32)NC1=O)Nc1ccc(Cl)cc1Cl. The molecular weight excluding hydrogens is 443 g/mol. The molecule has 2 amide bonds. The third kappa shape index (κ3) is 4.86. The van der Waals surface area contributed by atoms with Gasteiger partial charge in [0.05, 0.1) is 16.4 Å². The molecule has 0 saturated carbocycles. The molecule has 0 aromatic heterocycles. The van der Waals surface area contributed by atoms with Crippen LogP contribution in [0, 0.1) is 0 Å². The van der Waals surface area contributed by atoms with Crippen molar-refractivity contribution in [1.29, 1.82) is 0 Å². The molecule has 2 N–H and O–H groups in total. The lowest BCUT2D eigenvalue weighted by Crippen LogP contribution is -2.28. The Morgan fingerprint density at radius 2 is 2.00 bits per heavy atom. The number of amides is 2. The number of amidine groups is 1. The van der Waals surface area contributed by atoms with Crippen molar-refractivity contribution in [3.05, 3.63) is 63.6 Å². The number of hydrogen-bond acceptors (Lipinski definition) is 5. The van der Waals surface area contributed by atoms with E-state index in [1.54, 1.807) is 18.2 Å². The molecule has 0 radical (unpaired) electrons. The zero-order chi connectivity index (χ0) is 21.1. The summed E-state index contributed by atoms with van der Waals surface area (Å²) in [4.78, 5) is 24.6. The molecule has 9 heteroatoms. The van der Waals surface area contributed by atoms with Gasteiger partial charge < -0.3 is 10.6 Å². The summed E-state index contributed by atoms with van der Waals surface area (Å²) in [5, 5.41) is 14.7. The van der Waals surface area contributed by atoms with Crippen LogP contribution in [0.15, 0.2) is 52.7 Å². The number of anilines is 1. The Bertz CT molecular complexity index is 1070. The monoisotopic (exact) mass is 460 g/mol. The Hall–Kier alpha value is -2.35. The van der Waals surface area contributed by atoms with Crippen molar-refractivity contribution < 1.29 is 9.59 Å². The van der Waals surface area contributed by atoms with Gasteiger partial charge in [-0.1, -0.05) is 59.2 Å². The van der Waals surface area contributed by atoms with E-state index in [0.717, 1.165) is 30.5 Å². The number of fused-ring (bicyclic) bond motifs is 1. The largest absolute Gasteiger partial charge is 0.325 e. The molecule has 2 aliphatic rings. The number of nitrogens with one attached hydrogen (secondary N) is 2. The van der Waals surface area contributed by atoms with Gasteiger partial charge in [0, 0.05) is 17.0 Å². The number of rotatable bonds is 4. The first-order valence-corrected chi connectivity index (χ1v) is 11.1. The lowest BCUT2D eigenvalue weighted by atomic mass is 9.90. The minimum atomic E-state index is -0.575. The zero-order valence-corrected chi connectivity index (χ0v) is 18.2. The van der Waals surface area contributed by atoms with Crippen LogP contribution in [-0.4, -0.2) is 27.9 Å². The number of thioether (sulfide) groups is 1. The highest BCUT2D eigenvalue weighted by Gasteiger charge is 2.32. The number of halogens is 2. The molecule has 1 heterocycles. The van der Waals surface area contributed by atoms with Crippen molar-refractivity contribution in [3.63, 3.8) is 0 Å². The van der Waals surface area contributed by atoms with Crippen LogP contribution in [0.4, 0.5) is 5.69 Å². The maximum atomic E-state index is 12.3. The normalized spacial score (nSPS) is 20.9. The topological polar surface area (TPSA) is 82.9 Å². The number of nitrogens with zero attached hydrogens (tertiary/aromatic N) is 2. The molecule has 1 atom stereocenters. The Morgan fingerprint density at radius 1 is 1.17 bits per heavy atom. The summed E-state index contributed by atoms with van der Waals surface area (Å²) >= 11 is 13.1. The second-order valence-electron chi connectivity index (χ2n) is 6.93. The van der Waals surface area contributed by atoms with Crippen LogP contribution in [0.2, 0.25) is 10.0 Å². The molecule has 1 aliphatic carbocycles. The molecule has 0 spiro atoms. The van der Waals surface area contributed by atoms with E-state index in [-0.39, 0.29) is 18.2 Å². The highest BCUT2D eigenvalue weighted by atomic mass is 35.5. The van der Waals surface area contributed by atoms with E-state index in [1.165, 1.54) is 17.3 Å². The van der Waals surface area contributed by atoms with E-state index in [2.05, 4.69) is 26.9 Å². The number of hydrogen-bond donors (Lipinski definition) is 2. The molecule has 30 heavy (non-hydrogen) atoms. The summed E-state index contributed by atoms with van der Waals surface area (Å²) in [6.45, 7) is 0. The Morgan fingerprint density at radius 3 is 2.83 bits per heavy atom.